The molecule has 0 aliphatic carbocycles. The van der Waals surface area contributed by atoms with Gasteiger partial charge in [0.05, 0.1) is 18.2 Å². The summed E-state index contributed by atoms with van der Waals surface area (Å²) in [5, 5.41) is 25.9. The molecule has 206 valence electrons. The van der Waals surface area contributed by atoms with Crippen molar-refractivity contribution in [1.82, 2.24) is 4.31 Å². The van der Waals surface area contributed by atoms with Gasteiger partial charge >= 0.3 is 0 Å². The Hall–Kier alpha value is -1.62. The zero-order valence-electron chi connectivity index (χ0n) is 23.1. The van der Waals surface area contributed by atoms with Gasteiger partial charge in [-0.2, -0.15) is 15.8 Å². The quantitative estimate of drug-likeness (QED) is 0.107. The Morgan fingerprint density at radius 3 is 1.33 bits per heavy atom. The molecule has 0 heterocycles. The van der Waals surface area contributed by atoms with Crippen LogP contribution in [-0.4, -0.2) is 31.1 Å². The van der Waals surface area contributed by atoms with Gasteiger partial charge in [-0.1, -0.05) is 103 Å². The van der Waals surface area contributed by atoms with Gasteiger partial charge in [0.2, 0.25) is 10.0 Å². The highest BCUT2D eigenvalue weighted by Crippen LogP contribution is 2.19. The summed E-state index contributed by atoms with van der Waals surface area (Å²) in [5.41, 5.74) is 0. The molecule has 0 aliphatic heterocycles. The van der Waals surface area contributed by atoms with Crippen molar-refractivity contribution >= 4 is 10.0 Å². The molecular formula is C29H52N4O2S. The van der Waals surface area contributed by atoms with Crippen molar-refractivity contribution < 1.29 is 8.42 Å². The number of hydrogen-bond donors (Lipinski definition) is 0. The largest absolute Gasteiger partial charge is 0.230 e. The summed E-state index contributed by atoms with van der Waals surface area (Å²) in [4.78, 5) is 0. The van der Waals surface area contributed by atoms with E-state index in [0.717, 1.165) is 96.3 Å². The zero-order chi connectivity index (χ0) is 26.7. The van der Waals surface area contributed by atoms with E-state index in [9.17, 15) is 13.7 Å². The maximum atomic E-state index is 13.3. The van der Waals surface area contributed by atoms with E-state index in [1.807, 2.05) is 0 Å². The zero-order valence-corrected chi connectivity index (χ0v) is 23.9. The molecule has 0 spiro atoms. The van der Waals surface area contributed by atoms with Crippen LogP contribution < -0.4 is 0 Å². The van der Waals surface area contributed by atoms with Crippen molar-refractivity contribution in [1.29, 1.82) is 15.8 Å². The Morgan fingerprint density at radius 1 is 0.583 bits per heavy atom. The first-order valence-corrected chi connectivity index (χ1v) is 16.2. The van der Waals surface area contributed by atoms with E-state index in [4.69, 9.17) is 10.5 Å². The maximum Gasteiger partial charge on any atom is 0.230 e. The number of rotatable bonds is 26. The second-order valence-electron chi connectivity index (χ2n) is 10.0. The molecule has 0 aromatic rings. The molecule has 0 saturated carbocycles. The minimum atomic E-state index is -3.59. The van der Waals surface area contributed by atoms with Crippen molar-refractivity contribution in [2.24, 2.45) is 0 Å². The predicted molar refractivity (Wildman–Crippen MR) is 148 cm³/mol. The Bertz CT molecular complexity index is 700. The van der Waals surface area contributed by atoms with Crippen LogP contribution in [0.5, 0.6) is 0 Å². The smallest absolute Gasteiger partial charge is 0.211 e. The van der Waals surface area contributed by atoms with Gasteiger partial charge in [0, 0.05) is 25.9 Å². The molecule has 0 aromatic carbocycles. The Balaban J connectivity index is 4.49. The SMILES string of the molecule is CCCCCC(C#N)S(=O)(=O)N(CCCCCCCCCCC#N)CCCCCCCCCCC#N. The van der Waals surface area contributed by atoms with Gasteiger partial charge in [-0.25, -0.2) is 12.7 Å². The molecule has 0 radical (unpaired) electrons. The molecule has 1 atom stereocenters. The maximum absolute atomic E-state index is 13.3. The fourth-order valence-electron chi connectivity index (χ4n) is 4.51. The average molecular weight is 521 g/mol. The molecular weight excluding hydrogens is 468 g/mol. The molecule has 36 heavy (non-hydrogen) atoms. The lowest BCUT2D eigenvalue weighted by Crippen LogP contribution is -2.39. The standard InChI is InChI=1S/C29H52N4O2S/c1-2-3-18-23-29(28-32)36(34,35)33(26-21-16-12-8-4-6-10-14-19-24-30)27-22-17-13-9-5-7-11-15-20-25-31/h29H,2-23,26-27H2,1H3. The second kappa shape index (κ2) is 25.0. The fraction of sp³-hybridized carbons (Fsp3) is 0.897. The number of nitrogens with zero attached hydrogens (tertiary/aromatic N) is 4. The molecule has 7 heteroatoms. The molecule has 0 N–H and O–H groups in total. The van der Waals surface area contributed by atoms with Gasteiger partial charge in [0.15, 0.2) is 5.25 Å². The Labute approximate surface area is 223 Å². The average Bonchev–Trinajstić information content (AvgIpc) is 2.87. The van der Waals surface area contributed by atoms with E-state index in [1.165, 1.54) is 25.7 Å². The summed E-state index contributed by atoms with van der Waals surface area (Å²) in [6, 6.07) is 6.47. The van der Waals surface area contributed by atoms with E-state index in [-0.39, 0.29) is 0 Å². The summed E-state index contributed by atoms with van der Waals surface area (Å²) in [7, 11) is -3.59. The summed E-state index contributed by atoms with van der Waals surface area (Å²) in [6.07, 6.45) is 21.7. The number of nitriles is 3. The normalized spacial score (nSPS) is 12.2. The van der Waals surface area contributed by atoms with Crippen LogP contribution in [0.15, 0.2) is 0 Å². The van der Waals surface area contributed by atoms with Crippen LogP contribution in [0.1, 0.15) is 148 Å². The summed E-state index contributed by atoms with van der Waals surface area (Å²) < 4.78 is 28.2. The number of hydrogen-bond acceptors (Lipinski definition) is 5. The Kier molecular flexibility index (Phi) is 23.9. The van der Waals surface area contributed by atoms with Crippen molar-refractivity contribution in [3.8, 4) is 18.2 Å². The second-order valence-corrected chi connectivity index (χ2v) is 12.1. The third kappa shape index (κ3) is 18.6. The number of sulfonamides is 1. The number of unbranched alkanes of at least 4 members (excludes halogenated alkanes) is 18. The molecule has 0 bridgehead atoms. The van der Waals surface area contributed by atoms with E-state index in [1.54, 1.807) is 4.31 Å². The van der Waals surface area contributed by atoms with E-state index < -0.39 is 15.3 Å². The monoisotopic (exact) mass is 520 g/mol. The summed E-state index contributed by atoms with van der Waals surface area (Å²) in [6.45, 7) is 3.13. The highest BCUT2D eigenvalue weighted by atomic mass is 32.2. The molecule has 0 rings (SSSR count). The van der Waals surface area contributed by atoms with Crippen molar-refractivity contribution in [2.45, 2.75) is 153 Å². The van der Waals surface area contributed by atoms with Crippen molar-refractivity contribution in [3.63, 3.8) is 0 Å². The van der Waals surface area contributed by atoms with Crippen LogP contribution >= 0.6 is 0 Å². The van der Waals surface area contributed by atoms with Crippen LogP contribution in [0.3, 0.4) is 0 Å². The minimum absolute atomic E-state index is 0.431. The fourth-order valence-corrected chi connectivity index (χ4v) is 6.24. The summed E-state index contributed by atoms with van der Waals surface area (Å²) in [5.74, 6) is 0. The van der Waals surface area contributed by atoms with Gasteiger partial charge in [-0.05, 0) is 32.1 Å². The molecule has 6 nitrogen and oxygen atoms in total. The highest BCUT2D eigenvalue weighted by Gasteiger charge is 2.31. The van der Waals surface area contributed by atoms with Crippen molar-refractivity contribution in [2.75, 3.05) is 13.1 Å². The lowest BCUT2D eigenvalue weighted by atomic mass is 10.1. The first-order chi connectivity index (χ1) is 17.5. The topological polar surface area (TPSA) is 109 Å². The van der Waals surface area contributed by atoms with Crippen LogP contribution in [0.4, 0.5) is 0 Å². The third-order valence-corrected chi connectivity index (χ3v) is 8.97. The first-order valence-electron chi connectivity index (χ1n) is 14.7. The lowest BCUT2D eigenvalue weighted by Gasteiger charge is -2.25. The molecule has 1 unspecified atom stereocenters. The highest BCUT2D eigenvalue weighted by molar-refractivity contribution is 7.90. The predicted octanol–water partition coefficient (Wildman–Crippen LogP) is 8.16. The van der Waals surface area contributed by atoms with Gasteiger partial charge in [0.1, 0.15) is 0 Å². The van der Waals surface area contributed by atoms with Crippen LogP contribution in [-0.2, 0) is 10.0 Å². The van der Waals surface area contributed by atoms with Crippen LogP contribution in [0.25, 0.3) is 0 Å². The van der Waals surface area contributed by atoms with Gasteiger partial charge < -0.3 is 0 Å². The van der Waals surface area contributed by atoms with Crippen LogP contribution in [0, 0.1) is 34.0 Å². The van der Waals surface area contributed by atoms with E-state index in [2.05, 4.69) is 25.1 Å². The molecule has 0 aliphatic rings. The molecule has 0 fully saturated rings. The van der Waals surface area contributed by atoms with E-state index in [0.29, 0.717) is 32.4 Å². The molecule has 0 saturated heterocycles. The van der Waals surface area contributed by atoms with Gasteiger partial charge in [-0.3, -0.25) is 0 Å². The lowest BCUT2D eigenvalue weighted by molar-refractivity contribution is 0.379. The van der Waals surface area contributed by atoms with Crippen molar-refractivity contribution in [3.05, 3.63) is 0 Å². The van der Waals surface area contributed by atoms with Gasteiger partial charge in [-0.15, -0.1) is 0 Å². The third-order valence-electron chi connectivity index (χ3n) is 6.83. The van der Waals surface area contributed by atoms with E-state index >= 15 is 0 Å². The Morgan fingerprint density at radius 2 is 0.972 bits per heavy atom. The molecule has 0 amide bonds. The van der Waals surface area contributed by atoms with Gasteiger partial charge in [0.25, 0.3) is 0 Å². The molecule has 0 aromatic heterocycles. The minimum Gasteiger partial charge on any atom is -0.211 e. The first kappa shape index (κ1) is 34.4. The van der Waals surface area contributed by atoms with Crippen LogP contribution in [0.2, 0.25) is 0 Å². The summed E-state index contributed by atoms with van der Waals surface area (Å²) >= 11 is 0.